The van der Waals surface area contributed by atoms with Gasteiger partial charge in [0, 0.05) is 0 Å². The Morgan fingerprint density at radius 1 is 0.727 bits per heavy atom. The highest BCUT2D eigenvalue weighted by atomic mass is 14.4. The summed E-state index contributed by atoms with van der Waals surface area (Å²) >= 11 is 0. The lowest BCUT2D eigenvalue weighted by atomic mass is 9.76. The third-order valence-corrected chi connectivity index (χ3v) is 7.08. The molecule has 0 fully saturated rings. The predicted molar refractivity (Wildman–Crippen MR) is 101 cm³/mol. The second kappa shape index (κ2) is 7.66. The van der Waals surface area contributed by atoms with Gasteiger partial charge in [0.15, 0.2) is 0 Å². The zero-order chi connectivity index (χ0) is 17.2. The van der Waals surface area contributed by atoms with Crippen molar-refractivity contribution in [3.8, 4) is 0 Å². The molecule has 0 spiro atoms. The molecule has 0 heterocycles. The molecule has 2 rings (SSSR count). The van der Waals surface area contributed by atoms with Gasteiger partial charge in [0.05, 0.1) is 0 Å². The molecule has 0 aromatic carbocycles. The van der Waals surface area contributed by atoms with E-state index in [1.54, 1.807) is 28.4 Å². The molecule has 0 N–H and O–H groups in total. The molecule has 0 saturated heterocycles. The maximum absolute atomic E-state index is 3.36. The molecule has 2 aliphatic carbocycles. The van der Waals surface area contributed by atoms with Crippen LogP contribution in [0.4, 0.5) is 0 Å². The Labute approximate surface area is 139 Å². The topological polar surface area (TPSA) is 0 Å². The Hall–Kier alpha value is -0.780. The van der Waals surface area contributed by atoms with Crippen LogP contribution in [0.25, 0.3) is 0 Å². The van der Waals surface area contributed by atoms with Crippen molar-refractivity contribution >= 4 is 0 Å². The van der Waals surface area contributed by atoms with Crippen LogP contribution in [0, 0.1) is 35.5 Å². The molecule has 0 nitrogen and oxygen atoms in total. The fourth-order valence-electron chi connectivity index (χ4n) is 4.63. The minimum Gasteiger partial charge on any atom is -0.103 e. The zero-order valence-corrected chi connectivity index (χ0v) is 16.5. The standard InChI is InChI=1S/C19H32.C3H6/c1-10-11(2)15(6)18(14(10)5)9-19-16(7)12(3)13(4)17(19)8;1-3-2/h10,12,14,16,18-19H,9H2,1-8H3;3H,1H2,2H3/t10-,12?,14?,16?,18-,19+;/m1./s1. The van der Waals surface area contributed by atoms with E-state index >= 15 is 0 Å². The Bertz CT molecular complexity index is 422. The minimum atomic E-state index is 0.782. The number of hydrogen-bond acceptors (Lipinski definition) is 0. The van der Waals surface area contributed by atoms with Gasteiger partial charge in [0.25, 0.3) is 0 Å². The first-order chi connectivity index (χ1) is 10.2. The van der Waals surface area contributed by atoms with Crippen molar-refractivity contribution in [2.75, 3.05) is 0 Å². The van der Waals surface area contributed by atoms with Gasteiger partial charge in [-0.05, 0) is 76.5 Å². The summed E-state index contributed by atoms with van der Waals surface area (Å²) < 4.78 is 0. The Morgan fingerprint density at radius 3 is 1.18 bits per heavy atom. The summed E-state index contributed by atoms with van der Waals surface area (Å²) in [5.74, 6) is 4.85. The number of rotatable bonds is 2. The second-order valence-electron chi connectivity index (χ2n) is 7.88. The highest BCUT2D eigenvalue weighted by Crippen LogP contribution is 2.50. The first kappa shape index (κ1) is 19.3. The Morgan fingerprint density at radius 2 is 1.00 bits per heavy atom. The molecule has 22 heavy (non-hydrogen) atoms. The molecular formula is C22H38. The molecule has 0 aromatic rings. The van der Waals surface area contributed by atoms with Gasteiger partial charge < -0.3 is 0 Å². The van der Waals surface area contributed by atoms with E-state index in [2.05, 4.69) is 62.0 Å². The van der Waals surface area contributed by atoms with Gasteiger partial charge >= 0.3 is 0 Å². The monoisotopic (exact) mass is 302 g/mol. The maximum Gasteiger partial charge on any atom is -0.0166 e. The summed E-state index contributed by atoms with van der Waals surface area (Å²) in [6, 6.07) is 0. The van der Waals surface area contributed by atoms with Crippen molar-refractivity contribution < 1.29 is 0 Å². The summed E-state index contributed by atoms with van der Waals surface area (Å²) in [7, 11) is 0. The fourth-order valence-corrected chi connectivity index (χ4v) is 4.63. The van der Waals surface area contributed by atoms with Crippen LogP contribution >= 0.6 is 0 Å². The first-order valence-electron chi connectivity index (χ1n) is 9.10. The van der Waals surface area contributed by atoms with Gasteiger partial charge in [-0.25, -0.2) is 0 Å². The largest absolute Gasteiger partial charge is 0.103 e. The van der Waals surface area contributed by atoms with Gasteiger partial charge in [0.1, 0.15) is 0 Å². The van der Waals surface area contributed by atoms with E-state index in [0.29, 0.717) is 0 Å². The smallest absolute Gasteiger partial charge is 0.0166 e. The van der Waals surface area contributed by atoms with Crippen molar-refractivity contribution in [2.24, 2.45) is 35.5 Å². The molecule has 3 unspecified atom stereocenters. The molecule has 0 bridgehead atoms. The number of hydrogen-bond donors (Lipinski definition) is 0. The van der Waals surface area contributed by atoms with Gasteiger partial charge in [-0.1, -0.05) is 56.1 Å². The van der Waals surface area contributed by atoms with Crippen LogP contribution in [0.3, 0.4) is 0 Å². The highest BCUT2D eigenvalue weighted by Gasteiger charge is 2.39. The van der Waals surface area contributed by atoms with Crippen LogP contribution in [0.2, 0.25) is 0 Å². The molecule has 0 saturated carbocycles. The molecule has 2 aliphatic rings. The molecule has 0 radical (unpaired) electrons. The second-order valence-corrected chi connectivity index (χ2v) is 7.88. The summed E-state index contributed by atoms with van der Waals surface area (Å²) in [6.45, 7) is 24.5. The average Bonchev–Trinajstić information content (AvgIpc) is 2.77. The lowest BCUT2D eigenvalue weighted by Gasteiger charge is -2.28. The SMILES string of the molecule is C=CC.CC1=C(C)[C@@H](C[C@H]2C(C)=C(C)[C@@H](C)C2C)C(C)C1C. The lowest BCUT2D eigenvalue weighted by molar-refractivity contribution is 0.267. The van der Waals surface area contributed by atoms with E-state index < -0.39 is 0 Å². The van der Waals surface area contributed by atoms with Crippen molar-refractivity contribution in [1.82, 2.24) is 0 Å². The van der Waals surface area contributed by atoms with E-state index in [-0.39, 0.29) is 0 Å². The number of allylic oxidation sites excluding steroid dienone is 5. The molecule has 126 valence electrons. The van der Waals surface area contributed by atoms with Crippen molar-refractivity contribution in [2.45, 2.75) is 68.7 Å². The van der Waals surface area contributed by atoms with Gasteiger partial charge in [-0.15, -0.1) is 6.58 Å². The van der Waals surface area contributed by atoms with Crippen LogP contribution in [0.5, 0.6) is 0 Å². The Kier molecular flexibility index (Phi) is 6.71. The summed E-state index contributed by atoms with van der Waals surface area (Å²) in [6.07, 6.45) is 3.13. The molecule has 0 heteroatoms. The zero-order valence-electron chi connectivity index (χ0n) is 16.5. The van der Waals surface area contributed by atoms with E-state index in [9.17, 15) is 0 Å². The van der Waals surface area contributed by atoms with E-state index in [0.717, 1.165) is 35.5 Å². The van der Waals surface area contributed by atoms with Gasteiger partial charge in [-0.3, -0.25) is 0 Å². The quantitative estimate of drug-likeness (QED) is 0.480. The third-order valence-electron chi connectivity index (χ3n) is 7.08. The van der Waals surface area contributed by atoms with Crippen LogP contribution in [0.1, 0.15) is 68.7 Å². The Balaban J connectivity index is 0.000000745. The van der Waals surface area contributed by atoms with Crippen molar-refractivity contribution in [1.29, 1.82) is 0 Å². The predicted octanol–water partition coefficient (Wildman–Crippen LogP) is 7.05. The molecule has 0 amide bonds. The normalized spacial score (nSPS) is 38.2. The van der Waals surface area contributed by atoms with Crippen molar-refractivity contribution in [3.05, 3.63) is 34.9 Å². The fraction of sp³-hybridized carbons (Fsp3) is 0.727. The average molecular weight is 303 g/mol. The maximum atomic E-state index is 3.36. The van der Waals surface area contributed by atoms with E-state index in [1.807, 2.05) is 6.92 Å². The molecule has 6 atom stereocenters. The van der Waals surface area contributed by atoms with Gasteiger partial charge in [0.2, 0.25) is 0 Å². The summed E-state index contributed by atoms with van der Waals surface area (Å²) in [5.41, 5.74) is 6.71. The van der Waals surface area contributed by atoms with Crippen LogP contribution in [0.15, 0.2) is 34.9 Å². The first-order valence-corrected chi connectivity index (χ1v) is 9.10. The van der Waals surface area contributed by atoms with E-state index in [4.69, 9.17) is 0 Å². The minimum absolute atomic E-state index is 0.782. The lowest BCUT2D eigenvalue weighted by Crippen LogP contribution is -2.20. The van der Waals surface area contributed by atoms with E-state index in [1.165, 1.54) is 6.42 Å². The van der Waals surface area contributed by atoms with Gasteiger partial charge in [-0.2, -0.15) is 0 Å². The summed E-state index contributed by atoms with van der Waals surface area (Å²) in [4.78, 5) is 0. The van der Waals surface area contributed by atoms with Crippen LogP contribution in [-0.4, -0.2) is 0 Å². The van der Waals surface area contributed by atoms with Crippen LogP contribution < -0.4 is 0 Å². The highest BCUT2D eigenvalue weighted by molar-refractivity contribution is 5.28. The van der Waals surface area contributed by atoms with Crippen molar-refractivity contribution in [3.63, 3.8) is 0 Å². The molecular weight excluding hydrogens is 264 g/mol. The third kappa shape index (κ3) is 3.42. The summed E-state index contributed by atoms with van der Waals surface area (Å²) in [5, 5.41) is 0. The molecule has 0 aromatic heterocycles. The van der Waals surface area contributed by atoms with Crippen LogP contribution in [-0.2, 0) is 0 Å². The molecule has 0 aliphatic heterocycles.